The van der Waals surface area contributed by atoms with Crippen LogP contribution in [-0.2, 0) is 23.5 Å². The van der Waals surface area contributed by atoms with Crippen LogP contribution < -0.4 is 5.32 Å². The van der Waals surface area contributed by atoms with E-state index < -0.39 is 50.3 Å². The third-order valence-electron chi connectivity index (χ3n) is 4.40. The molecule has 7 nitrogen and oxygen atoms in total. The second kappa shape index (κ2) is 9.68. The van der Waals surface area contributed by atoms with Crippen molar-refractivity contribution < 1.29 is 28.3 Å². The van der Waals surface area contributed by atoms with E-state index in [4.69, 9.17) is 13.9 Å². The zero-order valence-corrected chi connectivity index (χ0v) is 19.5. The van der Waals surface area contributed by atoms with E-state index in [1.54, 1.807) is 34.6 Å². The molecule has 8 heteroatoms. The second-order valence-electron chi connectivity index (χ2n) is 9.16. The first-order chi connectivity index (χ1) is 12.0. The van der Waals surface area contributed by atoms with E-state index in [9.17, 15) is 14.4 Å². The number of Topliss-reactive ketones (excluding diaryl/α,β-unsaturated/α-hetero) is 1. The van der Waals surface area contributed by atoms with Gasteiger partial charge in [-0.25, -0.2) is 4.79 Å². The highest BCUT2D eigenvalue weighted by Crippen LogP contribution is 2.37. The molecule has 0 saturated heterocycles. The third kappa shape index (κ3) is 9.37. The number of carbonyl (C=O) groups is 3. The van der Waals surface area contributed by atoms with Crippen LogP contribution in [-0.4, -0.2) is 50.5 Å². The lowest BCUT2D eigenvalue weighted by atomic mass is 10.1. The predicted molar refractivity (Wildman–Crippen MR) is 107 cm³/mol. The summed E-state index contributed by atoms with van der Waals surface area (Å²) in [4.78, 5) is 36.6. The van der Waals surface area contributed by atoms with Gasteiger partial charge in [0.2, 0.25) is 0 Å². The van der Waals surface area contributed by atoms with Gasteiger partial charge in [-0.05, 0) is 52.8 Å². The zero-order chi connectivity index (χ0) is 21.6. The molecular weight excluding hydrogens is 366 g/mol. The molecule has 0 aromatic rings. The number of carbonyl (C=O) groups excluding carboxylic acids is 3. The standard InChI is InChI=1S/C19H37NO6Si/c1-11-24-15(22)12-14(21)16(20-17(23)25-18(3,4)5)13(2)26-27(9,10)19(6,7)8/h13,16H,11-12H2,1-10H3,(H,20,23)/t13-,16+/m1/s1. The first-order valence-electron chi connectivity index (χ1n) is 9.36. The summed E-state index contributed by atoms with van der Waals surface area (Å²) in [7, 11) is -2.19. The molecule has 1 N–H and O–H groups in total. The number of hydrogen-bond acceptors (Lipinski definition) is 6. The number of esters is 1. The Labute approximate surface area is 164 Å². The summed E-state index contributed by atoms with van der Waals surface area (Å²) in [6, 6.07) is -1.00. The predicted octanol–water partition coefficient (Wildman–Crippen LogP) is 3.81. The van der Waals surface area contributed by atoms with Gasteiger partial charge in [-0.15, -0.1) is 0 Å². The highest BCUT2D eigenvalue weighted by Gasteiger charge is 2.41. The molecule has 0 aromatic carbocycles. The van der Waals surface area contributed by atoms with Crippen molar-refractivity contribution in [2.75, 3.05) is 6.61 Å². The van der Waals surface area contributed by atoms with Crippen LogP contribution in [0.3, 0.4) is 0 Å². The molecule has 0 spiro atoms. The summed E-state index contributed by atoms with van der Waals surface area (Å²) in [6.07, 6.45) is -1.77. The van der Waals surface area contributed by atoms with E-state index in [0.717, 1.165) is 0 Å². The molecule has 0 rings (SSSR count). The Kier molecular flexibility index (Phi) is 9.18. The third-order valence-corrected chi connectivity index (χ3v) is 8.97. The van der Waals surface area contributed by atoms with E-state index in [-0.39, 0.29) is 11.6 Å². The molecule has 0 bridgehead atoms. The Morgan fingerprint density at radius 1 is 1.04 bits per heavy atom. The van der Waals surface area contributed by atoms with Crippen LogP contribution in [0.25, 0.3) is 0 Å². The van der Waals surface area contributed by atoms with Crippen molar-refractivity contribution in [3.05, 3.63) is 0 Å². The minimum absolute atomic E-state index is 0.0675. The second-order valence-corrected chi connectivity index (χ2v) is 13.9. The van der Waals surface area contributed by atoms with Crippen molar-refractivity contribution in [1.82, 2.24) is 5.32 Å². The minimum atomic E-state index is -2.19. The molecule has 0 aliphatic heterocycles. The van der Waals surface area contributed by atoms with Gasteiger partial charge in [-0.1, -0.05) is 20.8 Å². The lowest BCUT2D eigenvalue weighted by Gasteiger charge is -2.40. The Balaban J connectivity index is 5.41. The van der Waals surface area contributed by atoms with Crippen LogP contribution in [0.4, 0.5) is 4.79 Å². The molecule has 1 amide bonds. The van der Waals surface area contributed by atoms with Crippen LogP contribution in [0.2, 0.25) is 18.1 Å². The van der Waals surface area contributed by atoms with E-state index >= 15 is 0 Å². The Bertz CT molecular complexity index is 533. The van der Waals surface area contributed by atoms with Crippen LogP contribution in [0, 0.1) is 0 Å². The molecule has 0 aromatic heterocycles. The van der Waals surface area contributed by atoms with E-state index in [1.807, 2.05) is 0 Å². The first-order valence-corrected chi connectivity index (χ1v) is 12.3. The minimum Gasteiger partial charge on any atom is -0.466 e. The number of rotatable bonds is 8. The summed E-state index contributed by atoms with van der Waals surface area (Å²) in [5.41, 5.74) is -0.706. The molecule has 0 aliphatic rings. The van der Waals surface area contributed by atoms with Crippen molar-refractivity contribution in [2.45, 2.75) is 97.7 Å². The number of nitrogens with one attached hydrogen (secondary N) is 1. The Morgan fingerprint density at radius 2 is 1.56 bits per heavy atom. The first kappa shape index (κ1) is 25.6. The summed E-state index contributed by atoms with van der Waals surface area (Å²) in [5, 5.41) is 2.51. The summed E-state index contributed by atoms with van der Waals surface area (Å²) in [5.74, 6) is -1.09. The van der Waals surface area contributed by atoms with E-state index in [1.165, 1.54) is 0 Å². The monoisotopic (exact) mass is 403 g/mol. The average molecular weight is 404 g/mol. The van der Waals surface area contributed by atoms with Crippen molar-refractivity contribution >= 4 is 26.2 Å². The van der Waals surface area contributed by atoms with Crippen molar-refractivity contribution in [2.24, 2.45) is 0 Å². The van der Waals surface area contributed by atoms with Gasteiger partial charge in [-0.2, -0.15) is 0 Å². The van der Waals surface area contributed by atoms with Gasteiger partial charge in [0, 0.05) is 0 Å². The van der Waals surface area contributed by atoms with Crippen LogP contribution >= 0.6 is 0 Å². The van der Waals surface area contributed by atoms with Gasteiger partial charge in [0.15, 0.2) is 14.1 Å². The largest absolute Gasteiger partial charge is 0.466 e. The molecule has 0 saturated carbocycles. The molecule has 27 heavy (non-hydrogen) atoms. The molecule has 2 atom stereocenters. The van der Waals surface area contributed by atoms with Crippen molar-refractivity contribution in [1.29, 1.82) is 0 Å². The highest BCUT2D eigenvalue weighted by atomic mass is 28.4. The van der Waals surface area contributed by atoms with Gasteiger partial charge in [0.05, 0.1) is 12.7 Å². The lowest BCUT2D eigenvalue weighted by Crippen LogP contribution is -2.54. The Morgan fingerprint density at radius 3 is 1.96 bits per heavy atom. The topological polar surface area (TPSA) is 90.9 Å². The maximum atomic E-state index is 12.7. The molecule has 0 radical (unpaired) electrons. The molecule has 158 valence electrons. The van der Waals surface area contributed by atoms with Gasteiger partial charge in [0.1, 0.15) is 18.1 Å². The average Bonchev–Trinajstić information content (AvgIpc) is 2.40. The highest BCUT2D eigenvalue weighted by molar-refractivity contribution is 6.74. The van der Waals surface area contributed by atoms with Crippen LogP contribution in [0.1, 0.15) is 61.8 Å². The maximum Gasteiger partial charge on any atom is 0.408 e. The lowest BCUT2D eigenvalue weighted by molar-refractivity contribution is -0.146. The molecule has 0 fully saturated rings. The number of alkyl carbamates (subject to hydrolysis) is 1. The molecule has 0 aliphatic carbocycles. The SMILES string of the molecule is CCOC(=O)CC(=O)[C@@H](NC(=O)OC(C)(C)C)[C@@H](C)O[Si](C)(C)C(C)(C)C. The quantitative estimate of drug-likeness (QED) is 0.376. The molecule has 0 unspecified atom stereocenters. The van der Waals surface area contributed by atoms with Crippen LogP contribution in [0.5, 0.6) is 0 Å². The van der Waals surface area contributed by atoms with Gasteiger partial charge in [-0.3, -0.25) is 9.59 Å². The number of ketones is 1. The molecule has 0 heterocycles. The van der Waals surface area contributed by atoms with Crippen LogP contribution in [0.15, 0.2) is 0 Å². The molecular formula is C19H37NO6Si. The fraction of sp³-hybridized carbons (Fsp3) is 0.842. The van der Waals surface area contributed by atoms with E-state index in [0.29, 0.717) is 0 Å². The normalized spacial score (nSPS) is 14.9. The van der Waals surface area contributed by atoms with Gasteiger partial charge >= 0.3 is 12.1 Å². The Hall–Kier alpha value is -1.41. The number of ether oxygens (including phenoxy) is 2. The smallest absolute Gasteiger partial charge is 0.408 e. The fourth-order valence-corrected chi connectivity index (χ4v) is 3.49. The van der Waals surface area contributed by atoms with Crippen molar-refractivity contribution in [3.63, 3.8) is 0 Å². The number of hydrogen-bond donors (Lipinski definition) is 1. The zero-order valence-electron chi connectivity index (χ0n) is 18.5. The summed E-state index contributed by atoms with van der Waals surface area (Å²) >= 11 is 0. The van der Waals surface area contributed by atoms with E-state index in [2.05, 4.69) is 39.2 Å². The summed E-state index contributed by atoms with van der Waals surface area (Å²) in [6.45, 7) is 19.2. The van der Waals surface area contributed by atoms with Crippen molar-refractivity contribution in [3.8, 4) is 0 Å². The number of amides is 1. The maximum absolute atomic E-state index is 12.7. The fourth-order valence-electron chi connectivity index (χ4n) is 2.07. The van der Waals surface area contributed by atoms with Gasteiger partial charge < -0.3 is 19.2 Å². The van der Waals surface area contributed by atoms with Gasteiger partial charge in [0.25, 0.3) is 0 Å². The summed E-state index contributed by atoms with van der Waals surface area (Å²) < 4.78 is 16.4.